The summed E-state index contributed by atoms with van der Waals surface area (Å²) in [5.41, 5.74) is 3.36. The van der Waals surface area contributed by atoms with Gasteiger partial charge in [0.2, 0.25) is 0 Å². The Bertz CT molecular complexity index is 986. The van der Waals surface area contributed by atoms with Gasteiger partial charge in [-0.15, -0.1) is 23.2 Å². The smallest absolute Gasteiger partial charge is 0.170 e. The number of halogens is 2. The number of quaternary nitrogens is 1. The van der Waals surface area contributed by atoms with E-state index in [1.54, 1.807) is 6.07 Å². The molecule has 1 heterocycles. The van der Waals surface area contributed by atoms with Crippen molar-refractivity contribution in [1.82, 2.24) is 0 Å². The number of rotatable bonds is 5. The van der Waals surface area contributed by atoms with Gasteiger partial charge in [0, 0.05) is 22.9 Å². The highest BCUT2D eigenvalue weighted by molar-refractivity contribution is 6.30. The van der Waals surface area contributed by atoms with E-state index < -0.39 is 22.1 Å². The second-order valence-electron chi connectivity index (χ2n) is 7.02. The van der Waals surface area contributed by atoms with E-state index in [2.05, 4.69) is 5.32 Å². The minimum absolute atomic E-state index is 0.0683. The largest absolute Gasteiger partial charge is 0.595 e. The summed E-state index contributed by atoms with van der Waals surface area (Å²) in [6.45, 7) is 0. The van der Waals surface area contributed by atoms with Crippen molar-refractivity contribution in [3.8, 4) is 0 Å². The normalized spacial score (nSPS) is 21.1. The Hall–Kier alpha value is -2.12. The van der Waals surface area contributed by atoms with Gasteiger partial charge < -0.3 is 15.6 Å². The Kier molecular flexibility index (Phi) is 5.79. The Balaban J connectivity index is 1.73. The van der Waals surface area contributed by atoms with E-state index >= 15 is 0 Å². The van der Waals surface area contributed by atoms with Crippen LogP contribution in [0, 0.1) is 5.21 Å². The Morgan fingerprint density at radius 3 is 2.17 bits per heavy atom. The molecule has 4 N–H and O–H groups in total. The second kappa shape index (κ2) is 8.32. The van der Waals surface area contributed by atoms with Crippen LogP contribution in [0.25, 0.3) is 0 Å². The SMILES string of the molecule is [O-][NH+](O)c1cc2c(cc1C(Cl)C(Cl)c1ccccc1)C(O)C(c1ccccc1)N2. The van der Waals surface area contributed by atoms with Gasteiger partial charge in [-0.3, -0.25) is 0 Å². The molecule has 5 atom stereocenters. The van der Waals surface area contributed by atoms with E-state index in [0.29, 0.717) is 16.8 Å². The van der Waals surface area contributed by atoms with Crippen LogP contribution in [0.2, 0.25) is 0 Å². The lowest BCUT2D eigenvalue weighted by Crippen LogP contribution is -2.99. The summed E-state index contributed by atoms with van der Waals surface area (Å²) in [5, 5.41) is 33.3. The van der Waals surface area contributed by atoms with E-state index in [4.69, 9.17) is 23.2 Å². The minimum Gasteiger partial charge on any atom is -0.595 e. The number of benzene rings is 3. The zero-order valence-corrected chi connectivity index (χ0v) is 16.8. The number of aliphatic hydroxyl groups is 1. The molecule has 0 bridgehead atoms. The van der Waals surface area contributed by atoms with Gasteiger partial charge in [0.1, 0.15) is 6.10 Å². The van der Waals surface area contributed by atoms with Crippen LogP contribution in [0.5, 0.6) is 0 Å². The first-order valence-electron chi connectivity index (χ1n) is 9.21. The maximum atomic E-state index is 11.9. The van der Waals surface area contributed by atoms with Gasteiger partial charge >= 0.3 is 0 Å². The fourth-order valence-electron chi connectivity index (χ4n) is 3.73. The predicted octanol–water partition coefficient (Wildman–Crippen LogP) is 4.55. The molecular formula is C22H20Cl2N2O3. The van der Waals surface area contributed by atoms with Crippen molar-refractivity contribution in [3.05, 3.63) is 100 Å². The lowest BCUT2D eigenvalue weighted by atomic mass is 9.95. The quantitative estimate of drug-likeness (QED) is 0.353. The van der Waals surface area contributed by atoms with Crippen molar-refractivity contribution in [2.75, 3.05) is 5.32 Å². The molecule has 3 aromatic rings. The molecular weight excluding hydrogens is 411 g/mol. The summed E-state index contributed by atoms with van der Waals surface area (Å²) in [6.07, 6.45) is -0.830. The zero-order chi connectivity index (χ0) is 20.5. The molecule has 150 valence electrons. The van der Waals surface area contributed by atoms with Gasteiger partial charge in [0.25, 0.3) is 0 Å². The molecule has 4 rings (SSSR count). The Morgan fingerprint density at radius 1 is 0.931 bits per heavy atom. The van der Waals surface area contributed by atoms with E-state index in [9.17, 15) is 15.5 Å². The van der Waals surface area contributed by atoms with Crippen molar-refractivity contribution >= 4 is 34.6 Å². The van der Waals surface area contributed by atoms with Gasteiger partial charge in [-0.1, -0.05) is 60.7 Å². The highest BCUT2D eigenvalue weighted by Crippen LogP contribution is 2.48. The van der Waals surface area contributed by atoms with Gasteiger partial charge in [-0.2, -0.15) is 5.23 Å². The molecule has 0 spiro atoms. The van der Waals surface area contributed by atoms with Gasteiger partial charge in [0.15, 0.2) is 5.69 Å². The van der Waals surface area contributed by atoms with Gasteiger partial charge in [-0.25, -0.2) is 5.21 Å². The third kappa shape index (κ3) is 3.85. The Labute approximate surface area is 178 Å². The molecule has 3 aromatic carbocycles. The average molecular weight is 431 g/mol. The highest BCUT2D eigenvalue weighted by Gasteiger charge is 2.35. The van der Waals surface area contributed by atoms with Crippen LogP contribution < -0.4 is 10.5 Å². The number of hydrogen-bond donors (Lipinski definition) is 4. The average Bonchev–Trinajstić information content (AvgIpc) is 3.08. The minimum atomic E-state index is -1.09. The van der Waals surface area contributed by atoms with E-state index in [1.807, 2.05) is 60.7 Å². The van der Waals surface area contributed by atoms with Gasteiger partial charge in [0.05, 0.1) is 16.8 Å². The number of alkyl halides is 2. The summed E-state index contributed by atoms with van der Waals surface area (Å²) in [4.78, 5) is 0. The fourth-order valence-corrected chi connectivity index (χ4v) is 4.34. The molecule has 0 saturated carbocycles. The molecule has 1 aliphatic rings. The van der Waals surface area contributed by atoms with E-state index in [1.165, 1.54) is 6.07 Å². The lowest BCUT2D eigenvalue weighted by Gasteiger charge is -2.23. The zero-order valence-electron chi connectivity index (χ0n) is 15.3. The van der Waals surface area contributed by atoms with E-state index in [-0.39, 0.29) is 11.7 Å². The summed E-state index contributed by atoms with van der Waals surface area (Å²) in [7, 11) is 0. The summed E-state index contributed by atoms with van der Waals surface area (Å²) in [5.74, 6) is 0. The molecule has 0 saturated heterocycles. The number of nitrogens with one attached hydrogen (secondary N) is 2. The summed E-state index contributed by atoms with van der Waals surface area (Å²) in [6, 6.07) is 21.6. The van der Waals surface area contributed by atoms with Crippen LogP contribution in [0.1, 0.15) is 45.2 Å². The van der Waals surface area contributed by atoms with Crippen molar-refractivity contribution < 1.29 is 15.5 Å². The summed E-state index contributed by atoms with van der Waals surface area (Å²) < 4.78 is 0. The van der Waals surface area contributed by atoms with Crippen LogP contribution >= 0.6 is 23.2 Å². The van der Waals surface area contributed by atoms with Crippen molar-refractivity contribution in [3.63, 3.8) is 0 Å². The molecule has 0 aliphatic carbocycles. The first-order chi connectivity index (χ1) is 14.0. The molecule has 0 amide bonds. The predicted molar refractivity (Wildman–Crippen MR) is 114 cm³/mol. The maximum absolute atomic E-state index is 11.9. The first kappa shape index (κ1) is 20.2. The van der Waals surface area contributed by atoms with Gasteiger partial charge in [-0.05, 0) is 17.2 Å². The number of anilines is 1. The molecule has 0 aromatic heterocycles. The number of fused-ring (bicyclic) bond motifs is 1. The highest BCUT2D eigenvalue weighted by atomic mass is 35.5. The number of hydrogen-bond acceptors (Lipinski definition) is 4. The molecule has 0 radical (unpaired) electrons. The topological polar surface area (TPSA) is 80.0 Å². The third-order valence-corrected chi connectivity index (χ3v) is 6.35. The van der Waals surface area contributed by atoms with E-state index in [0.717, 1.165) is 11.1 Å². The van der Waals surface area contributed by atoms with Crippen LogP contribution in [0.4, 0.5) is 11.4 Å². The lowest BCUT2D eigenvalue weighted by molar-refractivity contribution is -0.991. The number of aliphatic hydroxyl groups excluding tert-OH is 1. The van der Waals surface area contributed by atoms with Crippen LogP contribution in [0.15, 0.2) is 72.8 Å². The van der Waals surface area contributed by atoms with Crippen LogP contribution in [-0.2, 0) is 0 Å². The molecule has 5 nitrogen and oxygen atoms in total. The first-order valence-corrected chi connectivity index (χ1v) is 10.1. The maximum Gasteiger partial charge on any atom is 0.170 e. The van der Waals surface area contributed by atoms with Crippen molar-refractivity contribution in [2.45, 2.75) is 22.9 Å². The third-order valence-electron chi connectivity index (χ3n) is 5.23. The van der Waals surface area contributed by atoms with Crippen LogP contribution in [-0.4, -0.2) is 10.3 Å². The Morgan fingerprint density at radius 2 is 1.55 bits per heavy atom. The summed E-state index contributed by atoms with van der Waals surface area (Å²) >= 11 is 13.2. The van der Waals surface area contributed by atoms with Crippen molar-refractivity contribution in [1.29, 1.82) is 0 Å². The molecule has 29 heavy (non-hydrogen) atoms. The fraction of sp³-hybridized carbons (Fsp3) is 0.182. The van der Waals surface area contributed by atoms with Crippen molar-refractivity contribution in [2.24, 2.45) is 0 Å². The molecule has 7 heteroatoms. The van der Waals surface area contributed by atoms with Crippen LogP contribution in [0.3, 0.4) is 0 Å². The molecule has 1 aliphatic heterocycles. The monoisotopic (exact) mass is 430 g/mol. The second-order valence-corrected chi connectivity index (χ2v) is 7.96. The molecule has 5 unspecified atom stereocenters. The standard InChI is InChI=1S/C22H20Cl2N2O3/c23-19(13-7-3-1-4-8-13)20(24)16-11-15-17(12-18(16)26(28)29)25-21(22(15)27)14-9-5-2-6-10-14/h1-12,19-22,25-28H. The molecule has 0 fully saturated rings.